The van der Waals surface area contributed by atoms with E-state index < -0.39 is 0 Å². The molecule has 1 nitrogen and oxygen atoms in total. The summed E-state index contributed by atoms with van der Waals surface area (Å²) in [7, 11) is 2.00. The van der Waals surface area contributed by atoms with E-state index in [2.05, 4.69) is 25.7 Å². The molecule has 0 amide bonds. The molecule has 2 rings (SSSR count). The zero-order chi connectivity index (χ0) is 11.0. The first-order valence-corrected chi connectivity index (χ1v) is 6.46. The van der Waals surface area contributed by atoms with Crippen LogP contribution in [0.1, 0.15) is 42.2 Å². The van der Waals surface area contributed by atoms with Gasteiger partial charge in [0.1, 0.15) is 0 Å². The summed E-state index contributed by atoms with van der Waals surface area (Å²) in [4.78, 5) is 1.57. The zero-order valence-electron chi connectivity index (χ0n) is 9.76. The minimum absolute atomic E-state index is 0.681. The topological polar surface area (TPSA) is 12.0 Å². The maximum atomic E-state index is 3.95. The fourth-order valence-electron chi connectivity index (χ4n) is 2.47. The molecule has 2 heteroatoms. The smallest absolute Gasteiger partial charge is 0.0959 e. The van der Waals surface area contributed by atoms with Gasteiger partial charge in [0, 0.05) is 17.5 Å². The van der Waals surface area contributed by atoms with Gasteiger partial charge in [0.05, 0.1) is 5.00 Å². The van der Waals surface area contributed by atoms with Crippen LogP contribution >= 0.6 is 11.3 Å². The molecule has 0 bridgehead atoms. The highest BCUT2D eigenvalue weighted by Gasteiger charge is 2.28. The molecule has 82 valence electrons. The first kappa shape index (κ1) is 10.7. The van der Waals surface area contributed by atoms with Crippen molar-refractivity contribution in [3.8, 4) is 0 Å². The molecule has 1 aromatic rings. The van der Waals surface area contributed by atoms with Crippen LogP contribution < -0.4 is 5.32 Å². The normalized spacial score (nSPS) is 24.7. The molecule has 15 heavy (non-hydrogen) atoms. The van der Waals surface area contributed by atoms with E-state index in [9.17, 15) is 0 Å². The van der Waals surface area contributed by atoms with Gasteiger partial charge in [0.2, 0.25) is 0 Å². The number of hydrogen-bond acceptors (Lipinski definition) is 2. The molecule has 0 aromatic carbocycles. The van der Waals surface area contributed by atoms with Gasteiger partial charge >= 0.3 is 0 Å². The Morgan fingerprint density at radius 2 is 2.20 bits per heavy atom. The van der Waals surface area contributed by atoms with Crippen molar-refractivity contribution in [2.45, 2.75) is 32.6 Å². The molecule has 1 aliphatic carbocycles. The van der Waals surface area contributed by atoms with Crippen molar-refractivity contribution >= 4 is 22.4 Å². The van der Waals surface area contributed by atoms with Crippen LogP contribution in [0.25, 0.3) is 6.08 Å². The molecule has 0 saturated heterocycles. The lowest BCUT2D eigenvalue weighted by Gasteiger charge is -2.26. The van der Waals surface area contributed by atoms with Crippen molar-refractivity contribution < 1.29 is 0 Å². The highest BCUT2D eigenvalue weighted by molar-refractivity contribution is 7.16. The fraction of sp³-hybridized carbons (Fsp3) is 0.538. The summed E-state index contributed by atoms with van der Waals surface area (Å²) in [6, 6.07) is 0. The molecule has 1 aromatic heterocycles. The molecule has 0 fully saturated rings. The van der Waals surface area contributed by atoms with Crippen molar-refractivity contribution in [2.24, 2.45) is 5.92 Å². The average Bonchev–Trinajstić information content (AvgIpc) is 2.61. The Labute approximate surface area is 96.2 Å². The minimum Gasteiger partial charge on any atom is -0.380 e. The molecule has 2 unspecified atom stereocenters. The minimum atomic E-state index is 0.681. The van der Waals surface area contributed by atoms with E-state index in [0.717, 1.165) is 5.92 Å². The maximum absolute atomic E-state index is 3.95. The van der Waals surface area contributed by atoms with Gasteiger partial charge in [-0.1, -0.05) is 26.5 Å². The largest absolute Gasteiger partial charge is 0.380 e. The number of rotatable bonds is 2. The Kier molecular flexibility index (Phi) is 2.87. The van der Waals surface area contributed by atoms with Crippen LogP contribution in [0.4, 0.5) is 5.00 Å². The Morgan fingerprint density at radius 1 is 1.47 bits per heavy atom. The summed E-state index contributed by atoms with van der Waals surface area (Å²) >= 11 is 1.91. The van der Waals surface area contributed by atoms with Crippen LogP contribution in [0.2, 0.25) is 0 Å². The molecule has 1 heterocycles. The van der Waals surface area contributed by atoms with Crippen molar-refractivity contribution in [3.63, 3.8) is 0 Å². The van der Waals surface area contributed by atoms with Crippen LogP contribution in [-0.4, -0.2) is 7.05 Å². The van der Waals surface area contributed by atoms with E-state index >= 15 is 0 Å². The van der Waals surface area contributed by atoms with Crippen molar-refractivity contribution in [3.05, 3.63) is 22.6 Å². The van der Waals surface area contributed by atoms with Gasteiger partial charge in [0.25, 0.3) is 0 Å². The molecule has 1 N–H and O–H groups in total. The van der Waals surface area contributed by atoms with E-state index in [1.807, 2.05) is 24.5 Å². The molecule has 0 spiro atoms. The third-order valence-corrected chi connectivity index (χ3v) is 4.93. The van der Waals surface area contributed by atoms with Crippen LogP contribution in [0.3, 0.4) is 0 Å². The molecule has 2 atom stereocenters. The first-order valence-electron chi connectivity index (χ1n) is 5.64. The van der Waals surface area contributed by atoms with Crippen molar-refractivity contribution in [2.75, 3.05) is 12.4 Å². The summed E-state index contributed by atoms with van der Waals surface area (Å²) in [5, 5.41) is 4.57. The summed E-state index contributed by atoms with van der Waals surface area (Å²) in [5.41, 5.74) is 2.90. The second-order valence-electron chi connectivity index (χ2n) is 4.44. The van der Waals surface area contributed by atoms with E-state index in [-0.39, 0.29) is 0 Å². The second-order valence-corrected chi connectivity index (χ2v) is 5.55. The van der Waals surface area contributed by atoms with Gasteiger partial charge in [-0.2, -0.15) is 0 Å². The Morgan fingerprint density at radius 3 is 2.80 bits per heavy atom. The van der Waals surface area contributed by atoms with E-state index in [0.29, 0.717) is 5.92 Å². The van der Waals surface area contributed by atoms with Crippen LogP contribution in [-0.2, 0) is 6.42 Å². The van der Waals surface area contributed by atoms with Crippen LogP contribution in [0, 0.1) is 5.92 Å². The van der Waals surface area contributed by atoms with E-state index in [1.165, 1.54) is 23.4 Å². The third-order valence-electron chi connectivity index (χ3n) is 3.63. The molecular weight excluding hydrogens is 202 g/mol. The van der Waals surface area contributed by atoms with Crippen molar-refractivity contribution in [1.29, 1.82) is 0 Å². The molecule has 0 radical (unpaired) electrons. The Hall–Kier alpha value is -0.760. The van der Waals surface area contributed by atoms with Gasteiger partial charge in [-0.05, 0) is 30.2 Å². The quantitative estimate of drug-likeness (QED) is 0.792. The second kappa shape index (κ2) is 4.01. The predicted octanol–water partition coefficient (Wildman–Crippen LogP) is 4.12. The first-order chi connectivity index (χ1) is 7.19. The highest BCUT2D eigenvalue weighted by Crippen LogP contribution is 2.45. The number of aryl methyl sites for hydroxylation is 1. The lowest BCUT2D eigenvalue weighted by molar-refractivity contribution is 0.430. The Balaban J connectivity index is 2.54. The Bertz CT molecular complexity index is 378. The monoisotopic (exact) mass is 221 g/mol. The number of anilines is 1. The summed E-state index contributed by atoms with van der Waals surface area (Å²) in [6.45, 7) is 8.65. The molecule has 0 aliphatic heterocycles. The number of fused-ring (bicyclic) bond motifs is 1. The highest BCUT2D eigenvalue weighted by atomic mass is 32.1. The lowest BCUT2D eigenvalue weighted by Crippen LogP contribution is -2.14. The molecule has 0 saturated carbocycles. The van der Waals surface area contributed by atoms with Crippen molar-refractivity contribution in [1.82, 2.24) is 0 Å². The van der Waals surface area contributed by atoms with Crippen LogP contribution in [0.15, 0.2) is 6.58 Å². The van der Waals surface area contributed by atoms with Crippen LogP contribution in [0.5, 0.6) is 0 Å². The van der Waals surface area contributed by atoms with Gasteiger partial charge in [-0.25, -0.2) is 0 Å². The third kappa shape index (κ3) is 1.61. The molecular formula is C13H19NS. The summed E-state index contributed by atoms with van der Waals surface area (Å²) in [5.74, 6) is 1.48. The van der Waals surface area contributed by atoms with E-state index in [4.69, 9.17) is 0 Å². The van der Waals surface area contributed by atoms with Gasteiger partial charge in [-0.3, -0.25) is 0 Å². The number of hydrogen-bond donors (Lipinski definition) is 1. The molecule has 1 aliphatic rings. The van der Waals surface area contributed by atoms with Gasteiger partial charge in [0.15, 0.2) is 0 Å². The summed E-state index contributed by atoms with van der Waals surface area (Å²) in [6.07, 6.45) is 4.58. The zero-order valence-corrected chi connectivity index (χ0v) is 10.6. The van der Waals surface area contributed by atoms with Gasteiger partial charge in [-0.15, -0.1) is 11.3 Å². The number of thiophene rings is 1. The maximum Gasteiger partial charge on any atom is 0.0959 e. The van der Waals surface area contributed by atoms with E-state index in [1.54, 1.807) is 10.4 Å². The lowest BCUT2D eigenvalue weighted by atomic mass is 9.79. The SMILES string of the molecule is C=Cc1c(NC)sc2c1C(C)C(C)CC2. The van der Waals surface area contributed by atoms with Gasteiger partial charge < -0.3 is 5.32 Å². The standard InChI is InChI=1S/C13H19NS/c1-5-10-12-9(3)8(2)6-7-11(12)15-13(10)14-4/h5,8-9,14H,1,6-7H2,2-4H3. The number of nitrogens with one attached hydrogen (secondary N) is 1. The fourth-order valence-corrected chi connectivity index (χ4v) is 3.75. The average molecular weight is 221 g/mol. The summed E-state index contributed by atoms with van der Waals surface area (Å²) < 4.78 is 0. The predicted molar refractivity (Wildman–Crippen MR) is 69.9 cm³/mol.